The first-order chi connectivity index (χ1) is 12.1. The summed E-state index contributed by atoms with van der Waals surface area (Å²) in [6.07, 6.45) is 11.0. The second-order valence-electron chi connectivity index (χ2n) is 5.85. The number of hydrogen-bond acceptors (Lipinski definition) is 8. The number of isocyanates is 4. The van der Waals surface area contributed by atoms with E-state index in [1.807, 2.05) is 13.8 Å². The first-order valence-electron chi connectivity index (χ1n) is 8.37. The van der Waals surface area contributed by atoms with Gasteiger partial charge in [0.05, 0.1) is 24.7 Å². The molecule has 4 unspecified atom stereocenters. The second-order valence-corrected chi connectivity index (χ2v) is 5.85. The van der Waals surface area contributed by atoms with E-state index in [0.717, 1.165) is 32.1 Å². The van der Waals surface area contributed by atoms with Crippen molar-refractivity contribution in [1.29, 1.82) is 0 Å². The van der Waals surface area contributed by atoms with Crippen molar-refractivity contribution >= 4 is 24.3 Å². The molecule has 4 atom stereocenters. The van der Waals surface area contributed by atoms with Crippen LogP contribution in [0.4, 0.5) is 0 Å². The maximum atomic E-state index is 10.1. The molecule has 1 aliphatic rings. The molecule has 1 rings (SSSR count). The molecule has 1 aliphatic carbocycles. The zero-order valence-electron chi connectivity index (χ0n) is 14.7. The van der Waals surface area contributed by atoms with Crippen LogP contribution in [0.3, 0.4) is 0 Å². The average molecular weight is 348 g/mol. The van der Waals surface area contributed by atoms with E-state index >= 15 is 0 Å². The predicted molar refractivity (Wildman–Crippen MR) is 91.3 cm³/mol. The maximum Gasteiger partial charge on any atom is 0.235 e. The fourth-order valence-electron chi connectivity index (χ4n) is 2.60. The van der Waals surface area contributed by atoms with Gasteiger partial charge in [-0.05, 0) is 44.4 Å². The number of rotatable bonds is 8. The Morgan fingerprint density at radius 3 is 2.28 bits per heavy atom. The zero-order valence-corrected chi connectivity index (χ0v) is 14.7. The van der Waals surface area contributed by atoms with Gasteiger partial charge in [-0.3, -0.25) is 0 Å². The highest BCUT2D eigenvalue weighted by atomic mass is 16.1. The molecule has 0 saturated heterocycles. The molecule has 25 heavy (non-hydrogen) atoms. The topological polar surface area (TPSA) is 118 Å². The van der Waals surface area contributed by atoms with Crippen molar-refractivity contribution in [2.45, 2.75) is 70.5 Å². The Balaban J connectivity index is 0.000000463. The highest BCUT2D eigenvalue weighted by Crippen LogP contribution is 2.28. The Labute approximate surface area is 147 Å². The summed E-state index contributed by atoms with van der Waals surface area (Å²) in [6.45, 7) is 4.47. The summed E-state index contributed by atoms with van der Waals surface area (Å²) in [5, 5.41) is 0. The monoisotopic (exact) mass is 348 g/mol. The van der Waals surface area contributed by atoms with Crippen LogP contribution < -0.4 is 0 Å². The summed E-state index contributed by atoms with van der Waals surface area (Å²) in [5.74, 6) is 0.388. The van der Waals surface area contributed by atoms with E-state index in [1.54, 1.807) is 12.2 Å². The predicted octanol–water partition coefficient (Wildman–Crippen LogP) is 2.43. The molecule has 1 saturated carbocycles. The summed E-state index contributed by atoms with van der Waals surface area (Å²) in [6, 6.07) is 0.00787. The molecule has 0 N–H and O–H groups in total. The molecule has 0 aromatic heterocycles. The normalized spacial score (nSPS) is 22.4. The third-order valence-corrected chi connectivity index (χ3v) is 4.16. The van der Waals surface area contributed by atoms with Gasteiger partial charge in [0, 0.05) is 0 Å². The van der Waals surface area contributed by atoms with E-state index in [4.69, 9.17) is 0 Å². The van der Waals surface area contributed by atoms with Gasteiger partial charge in [-0.15, -0.1) is 0 Å². The third kappa shape index (κ3) is 10.8. The van der Waals surface area contributed by atoms with Crippen LogP contribution in [0.5, 0.6) is 0 Å². The Morgan fingerprint density at radius 1 is 1.00 bits per heavy atom. The van der Waals surface area contributed by atoms with Gasteiger partial charge in [0.2, 0.25) is 24.3 Å². The number of hydrogen-bond donors (Lipinski definition) is 0. The van der Waals surface area contributed by atoms with Gasteiger partial charge in [0.1, 0.15) is 0 Å². The molecule has 8 nitrogen and oxygen atoms in total. The molecule has 136 valence electrons. The van der Waals surface area contributed by atoms with Gasteiger partial charge < -0.3 is 0 Å². The van der Waals surface area contributed by atoms with E-state index in [9.17, 15) is 19.2 Å². The van der Waals surface area contributed by atoms with Crippen molar-refractivity contribution in [1.82, 2.24) is 0 Å². The number of carbonyl (C=O) groups excluding carboxylic acids is 4. The van der Waals surface area contributed by atoms with Crippen molar-refractivity contribution in [3.63, 3.8) is 0 Å². The molecule has 0 radical (unpaired) electrons. The summed E-state index contributed by atoms with van der Waals surface area (Å²) in [7, 11) is 0. The van der Waals surface area contributed by atoms with E-state index in [-0.39, 0.29) is 18.1 Å². The van der Waals surface area contributed by atoms with Gasteiger partial charge in [-0.1, -0.05) is 13.8 Å². The zero-order chi connectivity index (χ0) is 18.9. The molecule has 0 spiro atoms. The van der Waals surface area contributed by atoms with Gasteiger partial charge in [0.15, 0.2) is 0 Å². The molecular weight excluding hydrogens is 324 g/mol. The Hall–Kier alpha value is -2.48. The molecule has 0 bridgehead atoms. The molecule has 0 aliphatic heterocycles. The molecular formula is C17H24N4O4. The highest BCUT2D eigenvalue weighted by molar-refractivity contribution is 5.35. The summed E-state index contributed by atoms with van der Waals surface area (Å²) in [4.78, 5) is 54.0. The van der Waals surface area contributed by atoms with Crippen LogP contribution in [0.2, 0.25) is 0 Å². The summed E-state index contributed by atoms with van der Waals surface area (Å²) < 4.78 is 0. The summed E-state index contributed by atoms with van der Waals surface area (Å²) >= 11 is 0. The van der Waals surface area contributed by atoms with Gasteiger partial charge in [-0.25, -0.2) is 39.1 Å². The molecule has 0 aromatic rings. The van der Waals surface area contributed by atoms with Gasteiger partial charge in [0.25, 0.3) is 0 Å². The van der Waals surface area contributed by atoms with Crippen LogP contribution in [0.15, 0.2) is 20.0 Å². The molecule has 0 heterocycles. The maximum absolute atomic E-state index is 10.1. The van der Waals surface area contributed by atoms with E-state index in [0.29, 0.717) is 18.9 Å². The average Bonchev–Trinajstić information content (AvgIpc) is 2.61. The first kappa shape index (κ1) is 22.5. The lowest BCUT2D eigenvalue weighted by molar-refractivity contribution is 0.302. The van der Waals surface area contributed by atoms with Crippen molar-refractivity contribution in [2.24, 2.45) is 25.9 Å². The van der Waals surface area contributed by atoms with Gasteiger partial charge in [-0.2, -0.15) is 0 Å². The minimum Gasteiger partial charge on any atom is -0.211 e. The minimum absolute atomic E-state index is 0.00389. The largest absolute Gasteiger partial charge is 0.235 e. The second kappa shape index (κ2) is 15.1. The third-order valence-electron chi connectivity index (χ3n) is 4.16. The standard InChI is InChI=1S/C9H12N2O2.C8H12N2O2/c1-7-2-3-8(10-5-12)4-9(7)11-6-13;1-2-8(10-7-12)4-3-5-9-6-11/h7-9H,2-4H2,1H3;8H,2-5H2,1H3. The Bertz CT molecular complexity index is 569. The SMILES string of the molecule is CC1CCC(N=C=O)CC1N=C=O.CCC(CCCN=C=O)N=C=O. The molecule has 1 fully saturated rings. The lowest BCUT2D eigenvalue weighted by Gasteiger charge is -2.27. The van der Waals surface area contributed by atoms with E-state index in [1.165, 1.54) is 12.2 Å². The van der Waals surface area contributed by atoms with Crippen molar-refractivity contribution in [3.05, 3.63) is 0 Å². The van der Waals surface area contributed by atoms with Crippen LogP contribution >= 0.6 is 0 Å². The lowest BCUT2D eigenvalue weighted by Crippen LogP contribution is -2.28. The number of nitrogens with zero attached hydrogens (tertiary/aromatic N) is 4. The van der Waals surface area contributed by atoms with Crippen LogP contribution in [0.1, 0.15) is 52.4 Å². The fraction of sp³-hybridized carbons (Fsp3) is 0.765. The Morgan fingerprint density at radius 2 is 1.72 bits per heavy atom. The fourth-order valence-corrected chi connectivity index (χ4v) is 2.60. The lowest BCUT2D eigenvalue weighted by atomic mass is 9.83. The van der Waals surface area contributed by atoms with Crippen molar-refractivity contribution in [3.8, 4) is 0 Å². The van der Waals surface area contributed by atoms with E-state index < -0.39 is 0 Å². The minimum atomic E-state index is -0.0200. The quantitative estimate of drug-likeness (QED) is 0.380. The summed E-state index contributed by atoms with van der Waals surface area (Å²) in [5.41, 5.74) is 0. The van der Waals surface area contributed by atoms with Crippen LogP contribution in [-0.4, -0.2) is 49.0 Å². The van der Waals surface area contributed by atoms with E-state index in [2.05, 4.69) is 20.0 Å². The van der Waals surface area contributed by atoms with Crippen LogP contribution in [-0.2, 0) is 19.2 Å². The molecule has 8 heteroatoms. The highest BCUT2D eigenvalue weighted by Gasteiger charge is 2.27. The number of aliphatic imine (C=N–C) groups is 4. The molecule has 0 amide bonds. The van der Waals surface area contributed by atoms with Crippen LogP contribution in [0.25, 0.3) is 0 Å². The van der Waals surface area contributed by atoms with Crippen molar-refractivity contribution < 1.29 is 19.2 Å². The van der Waals surface area contributed by atoms with Gasteiger partial charge >= 0.3 is 0 Å². The first-order valence-corrected chi connectivity index (χ1v) is 8.37. The van der Waals surface area contributed by atoms with Crippen LogP contribution in [0, 0.1) is 5.92 Å². The Kier molecular flexibility index (Phi) is 13.6. The smallest absolute Gasteiger partial charge is 0.211 e. The molecule has 0 aromatic carbocycles. The van der Waals surface area contributed by atoms with Crippen molar-refractivity contribution in [2.75, 3.05) is 6.54 Å².